The number of hydrogen-bond acceptors (Lipinski definition) is 2. The van der Waals surface area contributed by atoms with E-state index >= 15 is 0 Å². The minimum absolute atomic E-state index is 0.0353. The molecule has 1 aliphatic rings. The minimum Gasteiger partial charge on any atom is -0.440 e. The molecule has 3 nitrogen and oxygen atoms in total. The summed E-state index contributed by atoms with van der Waals surface area (Å²) < 4.78 is 5.15. The van der Waals surface area contributed by atoms with E-state index in [9.17, 15) is 4.79 Å². The zero-order valence-electron chi connectivity index (χ0n) is 10.1. The van der Waals surface area contributed by atoms with Gasteiger partial charge in [0.1, 0.15) is 0 Å². The number of amides is 1. The van der Waals surface area contributed by atoms with Gasteiger partial charge in [0.25, 0.3) is 5.91 Å². The highest BCUT2D eigenvalue weighted by atomic mass is 35.5. The first-order valence-corrected chi connectivity index (χ1v) is 6.63. The number of carbonyl (C=O) groups excluding carboxylic acids is 1. The highest BCUT2D eigenvalue weighted by Crippen LogP contribution is 2.23. The van der Waals surface area contributed by atoms with Gasteiger partial charge in [-0.05, 0) is 42.5 Å². The predicted molar refractivity (Wildman–Crippen MR) is 67.3 cm³/mol. The second-order valence-electron chi connectivity index (χ2n) is 4.63. The van der Waals surface area contributed by atoms with Crippen LogP contribution in [-0.2, 0) is 0 Å². The maximum absolute atomic E-state index is 12.1. The highest BCUT2D eigenvalue weighted by molar-refractivity contribution is 6.29. The Kier molecular flexibility index (Phi) is 4.11. The molecule has 1 aromatic rings. The number of halogens is 1. The van der Waals surface area contributed by atoms with Crippen molar-refractivity contribution in [1.82, 2.24) is 4.90 Å². The lowest BCUT2D eigenvalue weighted by molar-refractivity contribution is 0.0654. The second kappa shape index (κ2) is 5.58. The van der Waals surface area contributed by atoms with Gasteiger partial charge in [0.15, 0.2) is 11.0 Å². The van der Waals surface area contributed by atoms with E-state index in [1.54, 1.807) is 12.1 Å². The largest absolute Gasteiger partial charge is 0.440 e. The van der Waals surface area contributed by atoms with E-state index in [-0.39, 0.29) is 11.1 Å². The van der Waals surface area contributed by atoms with Crippen LogP contribution in [0.25, 0.3) is 0 Å². The van der Waals surface area contributed by atoms with Crippen molar-refractivity contribution in [2.24, 2.45) is 5.92 Å². The third-order valence-corrected chi connectivity index (χ3v) is 3.59. The van der Waals surface area contributed by atoms with Crippen molar-refractivity contribution in [1.29, 1.82) is 0 Å². The van der Waals surface area contributed by atoms with Crippen molar-refractivity contribution < 1.29 is 9.21 Å². The van der Waals surface area contributed by atoms with Crippen molar-refractivity contribution in [2.75, 3.05) is 13.1 Å². The third-order valence-electron chi connectivity index (χ3n) is 3.38. The maximum atomic E-state index is 12.1. The van der Waals surface area contributed by atoms with Gasteiger partial charge >= 0.3 is 0 Å². The van der Waals surface area contributed by atoms with E-state index in [4.69, 9.17) is 16.0 Å². The van der Waals surface area contributed by atoms with Gasteiger partial charge in [0.2, 0.25) is 0 Å². The second-order valence-corrected chi connectivity index (χ2v) is 5.00. The Morgan fingerprint density at radius 1 is 1.47 bits per heavy atom. The van der Waals surface area contributed by atoms with Crippen LogP contribution in [0, 0.1) is 5.92 Å². The minimum atomic E-state index is -0.0353. The number of nitrogens with zero attached hydrogens (tertiary/aromatic N) is 1. The summed E-state index contributed by atoms with van der Waals surface area (Å²) in [5.41, 5.74) is 0. The normalized spacial score (nSPS) is 17.4. The van der Waals surface area contributed by atoms with E-state index in [2.05, 4.69) is 6.92 Å². The molecular formula is C13H18ClNO2. The Labute approximate surface area is 107 Å². The molecule has 1 amide bonds. The summed E-state index contributed by atoms with van der Waals surface area (Å²) >= 11 is 5.67. The summed E-state index contributed by atoms with van der Waals surface area (Å²) in [5.74, 6) is 1.10. The monoisotopic (exact) mass is 255 g/mol. The molecule has 1 saturated heterocycles. The van der Waals surface area contributed by atoms with Crippen molar-refractivity contribution in [3.8, 4) is 0 Å². The molecule has 1 fully saturated rings. The quantitative estimate of drug-likeness (QED) is 0.827. The maximum Gasteiger partial charge on any atom is 0.289 e. The number of carbonyl (C=O) groups is 1. The number of hydrogen-bond donors (Lipinski definition) is 0. The fraction of sp³-hybridized carbons (Fsp3) is 0.615. The van der Waals surface area contributed by atoms with Gasteiger partial charge in [-0.2, -0.15) is 0 Å². The van der Waals surface area contributed by atoms with Crippen LogP contribution in [0.4, 0.5) is 0 Å². The number of rotatable bonds is 3. The van der Waals surface area contributed by atoms with Gasteiger partial charge in [-0.25, -0.2) is 0 Å². The smallest absolute Gasteiger partial charge is 0.289 e. The van der Waals surface area contributed by atoms with E-state index in [0.717, 1.165) is 31.8 Å². The lowest BCUT2D eigenvalue weighted by atomic mass is 9.92. The van der Waals surface area contributed by atoms with Crippen LogP contribution in [-0.4, -0.2) is 23.9 Å². The summed E-state index contributed by atoms with van der Waals surface area (Å²) in [6, 6.07) is 3.25. The van der Waals surface area contributed by atoms with E-state index < -0.39 is 0 Å². The molecule has 0 N–H and O–H groups in total. The Morgan fingerprint density at radius 3 is 2.71 bits per heavy atom. The third kappa shape index (κ3) is 3.03. The molecule has 1 aromatic heterocycles. The van der Waals surface area contributed by atoms with Gasteiger partial charge in [-0.15, -0.1) is 0 Å². The number of piperidine rings is 1. The lowest BCUT2D eigenvalue weighted by Gasteiger charge is -2.31. The van der Waals surface area contributed by atoms with Crippen LogP contribution in [0.5, 0.6) is 0 Å². The number of furan rings is 1. The average molecular weight is 256 g/mol. The molecule has 2 heterocycles. The Balaban J connectivity index is 1.90. The molecule has 0 aromatic carbocycles. The molecule has 0 unspecified atom stereocenters. The Bertz CT molecular complexity index is 381. The fourth-order valence-corrected chi connectivity index (χ4v) is 2.56. The molecule has 0 aliphatic carbocycles. The van der Waals surface area contributed by atoms with Crippen molar-refractivity contribution in [3.63, 3.8) is 0 Å². The standard InChI is InChI=1S/C13H18ClNO2/c1-2-3-10-6-8-15(9-7-10)13(16)11-4-5-12(14)17-11/h4-5,10H,2-3,6-9H2,1H3. The molecular weight excluding hydrogens is 238 g/mol. The molecule has 2 rings (SSSR count). The molecule has 4 heteroatoms. The summed E-state index contributed by atoms with van der Waals surface area (Å²) in [6.45, 7) is 3.88. The zero-order chi connectivity index (χ0) is 12.3. The molecule has 94 valence electrons. The van der Waals surface area contributed by atoms with Crippen molar-refractivity contribution >= 4 is 17.5 Å². The molecule has 0 saturated carbocycles. The van der Waals surface area contributed by atoms with Crippen LogP contribution < -0.4 is 0 Å². The summed E-state index contributed by atoms with van der Waals surface area (Å²) in [5, 5.41) is 0.272. The van der Waals surface area contributed by atoms with Crippen LogP contribution in [0.2, 0.25) is 5.22 Å². The van der Waals surface area contributed by atoms with E-state index in [0.29, 0.717) is 5.76 Å². The Hall–Kier alpha value is -0.960. The first-order valence-electron chi connectivity index (χ1n) is 6.25. The van der Waals surface area contributed by atoms with Crippen LogP contribution >= 0.6 is 11.6 Å². The van der Waals surface area contributed by atoms with Crippen molar-refractivity contribution in [3.05, 3.63) is 23.1 Å². The van der Waals surface area contributed by atoms with Crippen molar-refractivity contribution in [2.45, 2.75) is 32.6 Å². The molecule has 1 aliphatic heterocycles. The summed E-state index contributed by atoms with van der Waals surface area (Å²) in [6.07, 6.45) is 4.71. The predicted octanol–water partition coefficient (Wildman–Crippen LogP) is 3.59. The van der Waals surface area contributed by atoms with Gasteiger partial charge in [-0.1, -0.05) is 19.8 Å². The van der Waals surface area contributed by atoms with Crippen LogP contribution in [0.1, 0.15) is 43.2 Å². The number of likely N-dealkylation sites (tertiary alicyclic amines) is 1. The molecule has 0 atom stereocenters. The SMILES string of the molecule is CCCC1CCN(C(=O)c2ccc(Cl)o2)CC1. The fourth-order valence-electron chi connectivity index (χ4n) is 2.42. The van der Waals surface area contributed by atoms with Gasteiger partial charge < -0.3 is 9.32 Å². The van der Waals surface area contributed by atoms with Crippen LogP contribution in [0.15, 0.2) is 16.5 Å². The average Bonchev–Trinajstić information content (AvgIpc) is 2.76. The summed E-state index contributed by atoms with van der Waals surface area (Å²) in [7, 11) is 0. The molecule has 0 bridgehead atoms. The van der Waals surface area contributed by atoms with E-state index in [1.165, 1.54) is 12.8 Å². The topological polar surface area (TPSA) is 33.5 Å². The zero-order valence-corrected chi connectivity index (χ0v) is 10.9. The Morgan fingerprint density at radius 2 is 2.18 bits per heavy atom. The van der Waals surface area contributed by atoms with Gasteiger partial charge in [0, 0.05) is 13.1 Å². The molecule has 0 radical (unpaired) electrons. The molecule has 17 heavy (non-hydrogen) atoms. The van der Waals surface area contributed by atoms with Gasteiger partial charge in [-0.3, -0.25) is 4.79 Å². The lowest BCUT2D eigenvalue weighted by Crippen LogP contribution is -2.38. The first-order chi connectivity index (χ1) is 8.20. The summed E-state index contributed by atoms with van der Waals surface area (Å²) in [4.78, 5) is 13.9. The highest BCUT2D eigenvalue weighted by Gasteiger charge is 2.24. The van der Waals surface area contributed by atoms with Crippen LogP contribution in [0.3, 0.4) is 0 Å². The molecule has 0 spiro atoms. The van der Waals surface area contributed by atoms with E-state index in [1.807, 2.05) is 4.90 Å². The first kappa shape index (κ1) is 12.5. The van der Waals surface area contributed by atoms with Gasteiger partial charge in [0.05, 0.1) is 0 Å².